The lowest BCUT2D eigenvalue weighted by molar-refractivity contribution is 0.0589. The summed E-state index contributed by atoms with van der Waals surface area (Å²) in [6.45, 7) is 5.51. The predicted molar refractivity (Wildman–Crippen MR) is 106 cm³/mol. The molecule has 0 saturated heterocycles. The number of carbonyl (C=O) groups is 1. The van der Waals surface area contributed by atoms with Gasteiger partial charge in [0.1, 0.15) is 10.6 Å². The Balaban J connectivity index is 1.82. The number of nitrogens with zero attached hydrogens (tertiary/aromatic N) is 3. The SMILES string of the molecule is CN(C(=O)OC(C)(C)C)c1nnc(-c2ccc3c(c2)C(I)=CC3)s1. The Labute approximate surface area is 158 Å². The number of hydrogen-bond donors (Lipinski definition) is 0. The Kier molecular flexibility index (Phi) is 4.65. The van der Waals surface area contributed by atoms with Crippen LogP contribution in [0.25, 0.3) is 14.2 Å². The Morgan fingerprint density at radius 2 is 2.08 bits per heavy atom. The summed E-state index contributed by atoms with van der Waals surface area (Å²) < 4.78 is 6.62. The van der Waals surface area contributed by atoms with Crippen LogP contribution in [0.1, 0.15) is 31.9 Å². The van der Waals surface area contributed by atoms with Gasteiger partial charge in [0.15, 0.2) is 0 Å². The normalized spacial score (nSPS) is 13.5. The van der Waals surface area contributed by atoms with Crippen LogP contribution in [0.15, 0.2) is 24.3 Å². The Hall–Kier alpha value is -1.48. The van der Waals surface area contributed by atoms with Crippen LogP contribution in [-0.4, -0.2) is 28.9 Å². The lowest BCUT2D eigenvalue weighted by Gasteiger charge is -2.22. The first kappa shape index (κ1) is 17.3. The number of aromatic nitrogens is 2. The van der Waals surface area contributed by atoms with Gasteiger partial charge < -0.3 is 4.74 Å². The lowest BCUT2D eigenvalue weighted by atomic mass is 10.1. The first-order chi connectivity index (χ1) is 11.2. The first-order valence-corrected chi connectivity index (χ1v) is 9.44. The Morgan fingerprint density at radius 1 is 1.33 bits per heavy atom. The zero-order valence-corrected chi connectivity index (χ0v) is 16.9. The largest absolute Gasteiger partial charge is 0.443 e. The predicted octanol–water partition coefficient (Wildman–Crippen LogP) is 4.91. The lowest BCUT2D eigenvalue weighted by Crippen LogP contribution is -2.34. The van der Waals surface area contributed by atoms with Crippen molar-refractivity contribution in [3.8, 4) is 10.6 Å². The quantitative estimate of drug-likeness (QED) is 0.604. The summed E-state index contributed by atoms with van der Waals surface area (Å²) in [7, 11) is 1.65. The van der Waals surface area contributed by atoms with Gasteiger partial charge in [0.05, 0.1) is 0 Å². The molecule has 126 valence electrons. The minimum atomic E-state index is -0.540. The highest BCUT2D eigenvalue weighted by molar-refractivity contribution is 14.1. The molecule has 0 unspecified atom stereocenters. The van der Waals surface area contributed by atoms with Gasteiger partial charge in [-0.3, -0.25) is 4.90 Å². The minimum absolute atomic E-state index is 0.434. The zero-order chi connectivity index (χ0) is 17.5. The molecule has 0 atom stereocenters. The number of allylic oxidation sites excluding steroid dienone is 1. The van der Waals surface area contributed by atoms with E-state index in [0.717, 1.165) is 17.0 Å². The van der Waals surface area contributed by atoms with Crippen molar-refractivity contribution in [2.45, 2.75) is 32.8 Å². The fraction of sp³-hybridized carbons (Fsp3) is 0.353. The van der Waals surface area contributed by atoms with Crippen LogP contribution in [0, 0.1) is 0 Å². The molecule has 1 heterocycles. The van der Waals surface area contributed by atoms with Crippen molar-refractivity contribution in [1.29, 1.82) is 0 Å². The van der Waals surface area contributed by atoms with E-state index in [0.29, 0.717) is 5.13 Å². The molecule has 5 nitrogen and oxygen atoms in total. The maximum absolute atomic E-state index is 12.1. The molecule has 1 aliphatic rings. The van der Waals surface area contributed by atoms with Gasteiger partial charge >= 0.3 is 6.09 Å². The second kappa shape index (κ2) is 6.44. The van der Waals surface area contributed by atoms with Crippen molar-refractivity contribution in [2.75, 3.05) is 11.9 Å². The number of benzene rings is 1. The summed E-state index contributed by atoms with van der Waals surface area (Å²) >= 11 is 3.73. The van der Waals surface area contributed by atoms with Crippen molar-refractivity contribution in [3.05, 3.63) is 35.4 Å². The number of fused-ring (bicyclic) bond motifs is 1. The molecular formula is C17H18IN3O2S. The molecule has 1 amide bonds. The average Bonchev–Trinajstić information content (AvgIpc) is 3.12. The van der Waals surface area contributed by atoms with Gasteiger partial charge in [0.25, 0.3) is 0 Å². The molecular weight excluding hydrogens is 437 g/mol. The maximum Gasteiger partial charge on any atom is 0.416 e. The Bertz CT molecular complexity index is 823. The molecule has 1 aromatic carbocycles. The third-order valence-corrected chi connectivity index (χ3v) is 5.55. The Morgan fingerprint density at radius 3 is 2.79 bits per heavy atom. The van der Waals surface area contributed by atoms with Crippen LogP contribution >= 0.6 is 33.9 Å². The van der Waals surface area contributed by atoms with Crippen molar-refractivity contribution in [3.63, 3.8) is 0 Å². The van der Waals surface area contributed by atoms with Crippen LogP contribution in [0.2, 0.25) is 0 Å². The molecule has 2 aromatic rings. The van der Waals surface area contributed by atoms with Gasteiger partial charge in [0.2, 0.25) is 5.13 Å². The van der Waals surface area contributed by atoms with Gasteiger partial charge in [-0.15, -0.1) is 10.2 Å². The monoisotopic (exact) mass is 455 g/mol. The highest BCUT2D eigenvalue weighted by Crippen LogP contribution is 2.36. The van der Waals surface area contributed by atoms with Crippen molar-refractivity contribution in [2.24, 2.45) is 0 Å². The van der Waals surface area contributed by atoms with E-state index in [-0.39, 0.29) is 0 Å². The third kappa shape index (κ3) is 3.61. The van der Waals surface area contributed by atoms with Crippen molar-refractivity contribution < 1.29 is 9.53 Å². The zero-order valence-electron chi connectivity index (χ0n) is 14.0. The summed E-state index contributed by atoms with van der Waals surface area (Å²) in [4.78, 5) is 13.5. The molecule has 3 rings (SSSR count). The first-order valence-electron chi connectivity index (χ1n) is 7.54. The molecule has 0 aliphatic heterocycles. The van der Waals surface area contributed by atoms with Crippen molar-refractivity contribution >= 4 is 48.7 Å². The van der Waals surface area contributed by atoms with E-state index in [1.54, 1.807) is 7.05 Å². The van der Waals surface area contributed by atoms with Gasteiger partial charge in [-0.25, -0.2) is 4.79 Å². The standard InChI is InChI=1S/C17H18IN3O2S/c1-17(2,3)23-16(22)21(4)15-20-19-14(24-15)11-6-5-10-7-8-13(18)12(10)9-11/h5-6,8-9H,7H2,1-4H3. The molecule has 0 N–H and O–H groups in total. The van der Waals surface area contributed by atoms with E-state index in [9.17, 15) is 4.79 Å². The van der Waals surface area contributed by atoms with E-state index in [4.69, 9.17) is 4.74 Å². The maximum atomic E-state index is 12.1. The molecule has 0 saturated carbocycles. The van der Waals surface area contributed by atoms with E-state index in [2.05, 4.69) is 57.1 Å². The number of rotatable bonds is 2. The van der Waals surface area contributed by atoms with Gasteiger partial charge in [0, 0.05) is 16.2 Å². The minimum Gasteiger partial charge on any atom is -0.443 e. The van der Waals surface area contributed by atoms with Gasteiger partial charge in [-0.05, 0) is 67.0 Å². The topological polar surface area (TPSA) is 55.3 Å². The highest BCUT2D eigenvalue weighted by atomic mass is 127. The number of hydrogen-bond acceptors (Lipinski definition) is 5. The van der Waals surface area contributed by atoms with Crippen LogP contribution in [0.5, 0.6) is 0 Å². The fourth-order valence-electron chi connectivity index (χ4n) is 2.30. The number of ether oxygens (including phenoxy) is 1. The van der Waals surface area contributed by atoms with Gasteiger partial charge in [-0.2, -0.15) is 0 Å². The van der Waals surface area contributed by atoms with Crippen LogP contribution in [-0.2, 0) is 11.2 Å². The molecule has 0 radical (unpaired) electrons. The fourth-order valence-corrected chi connectivity index (χ4v) is 3.81. The highest BCUT2D eigenvalue weighted by Gasteiger charge is 2.23. The number of carbonyl (C=O) groups excluding carboxylic acids is 1. The van der Waals surface area contributed by atoms with Crippen LogP contribution < -0.4 is 4.90 Å². The second-order valence-corrected chi connectivity index (χ2v) is 8.68. The summed E-state index contributed by atoms with van der Waals surface area (Å²) in [5.74, 6) is 0. The summed E-state index contributed by atoms with van der Waals surface area (Å²) in [5.41, 5.74) is 3.06. The van der Waals surface area contributed by atoms with Crippen LogP contribution in [0.4, 0.5) is 9.93 Å². The molecule has 0 fully saturated rings. The van der Waals surface area contributed by atoms with Gasteiger partial charge in [-0.1, -0.05) is 29.5 Å². The van der Waals surface area contributed by atoms with E-state index >= 15 is 0 Å². The third-order valence-electron chi connectivity index (χ3n) is 3.48. The molecule has 24 heavy (non-hydrogen) atoms. The summed E-state index contributed by atoms with van der Waals surface area (Å²) in [5, 5.41) is 9.68. The molecule has 0 bridgehead atoms. The molecule has 1 aromatic heterocycles. The van der Waals surface area contributed by atoms with Crippen LogP contribution in [0.3, 0.4) is 0 Å². The number of amides is 1. The second-order valence-electron chi connectivity index (χ2n) is 6.56. The van der Waals surface area contributed by atoms with E-state index in [1.165, 1.54) is 30.9 Å². The number of anilines is 1. The molecule has 7 heteroatoms. The summed E-state index contributed by atoms with van der Waals surface area (Å²) in [6.07, 6.45) is 2.77. The van der Waals surface area contributed by atoms with E-state index in [1.807, 2.05) is 20.8 Å². The summed E-state index contributed by atoms with van der Waals surface area (Å²) in [6, 6.07) is 6.32. The smallest absolute Gasteiger partial charge is 0.416 e. The molecule has 0 spiro atoms. The molecule has 1 aliphatic carbocycles. The van der Waals surface area contributed by atoms with E-state index < -0.39 is 11.7 Å². The number of halogens is 1. The average molecular weight is 455 g/mol. The van der Waals surface area contributed by atoms with Crippen molar-refractivity contribution in [1.82, 2.24) is 10.2 Å².